The Balaban J connectivity index is 1.88. The molecule has 1 N–H and O–H groups in total. The van der Waals surface area contributed by atoms with Gasteiger partial charge in [-0.05, 0) is 31.2 Å². The van der Waals surface area contributed by atoms with Gasteiger partial charge in [0.2, 0.25) is 0 Å². The van der Waals surface area contributed by atoms with Crippen molar-refractivity contribution >= 4 is 0 Å². The number of hydrogen-bond acceptors (Lipinski definition) is 0. The van der Waals surface area contributed by atoms with Crippen molar-refractivity contribution < 1.29 is 4.57 Å². The Bertz CT molecular complexity index is 602. The van der Waals surface area contributed by atoms with Crippen LogP contribution in [0.2, 0.25) is 0 Å². The molecule has 0 saturated carbocycles. The number of H-pyrrole nitrogens is 1. The molecule has 1 aromatic heterocycles. The highest BCUT2D eigenvalue weighted by molar-refractivity contribution is 5.14. The fourth-order valence-corrected chi connectivity index (χ4v) is 4.25. The standard InChI is InChI=1S/C26H42N2/c1-3-5-7-9-14-20-25(19-13-8-6-4-2)26-27-21-23-28(26)22-15-18-24-16-11-10-12-17-24/h10-12,16-17,21,23,25H,3-9,13-15,18-20,22H2,1-2H3/p+1/t25-/m0/s1. The fourth-order valence-electron chi connectivity index (χ4n) is 4.25. The minimum Gasteiger partial charge on any atom is -0.247 e. The maximum absolute atomic E-state index is 3.61. The number of aromatic amines is 1. The molecule has 0 fully saturated rings. The lowest BCUT2D eigenvalue weighted by atomic mass is 9.93. The van der Waals surface area contributed by atoms with Gasteiger partial charge in [-0.2, -0.15) is 0 Å². The number of rotatable bonds is 16. The SMILES string of the molecule is CCCCCCC[C@H](CCCCCC)c1[nH]cc[n+]1CCCc1ccccc1. The molecule has 0 saturated heterocycles. The minimum absolute atomic E-state index is 0.699. The van der Waals surface area contributed by atoms with Gasteiger partial charge in [-0.25, -0.2) is 9.55 Å². The van der Waals surface area contributed by atoms with E-state index in [-0.39, 0.29) is 0 Å². The number of aromatic nitrogens is 2. The number of benzene rings is 1. The molecule has 1 aromatic carbocycles. The van der Waals surface area contributed by atoms with Crippen LogP contribution in [0, 0.1) is 0 Å². The van der Waals surface area contributed by atoms with E-state index in [1.54, 1.807) is 0 Å². The third-order valence-corrected chi connectivity index (χ3v) is 5.95. The van der Waals surface area contributed by atoms with Crippen LogP contribution >= 0.6 is 0 Å². The van der Waals surface area contributed by atoms with Crippen LogP contribution in [0.25, 0.3) is 0 Å². The van der Waals surface area contributed by atoms with Crippen LogP contribution in [-0.2, 0) is 13.0 Å². The zero-order valence-electron chi connectivity index (χ0n) is 18.5. The topological polar surface area (TPSA) is 19.7 Å². The van der Waals surface area contributed by atoms with Crippen LogP contribution in [0.15, 0.2) is 42.7 Å². The molecule has 28 heavy (non-hydrogen) atoms. The maximum Gasteiger partial charge on any atom is 0.257 e. The number of hydrogen-bond donors (Lipinski definition) is 1. The van der Waals surface area contributed by atoms with Crippen molar-refractivity contribution in [1.29, 1.82) is 0 Å². The van der Waals surface area contributed by atoms with Crippen LogP contribution in [0.5, 0.6) is 0 Å². The molecule has 156 valence electrons. The number of unbranched alkanes of at least 4 members (excludes halogenated alkanes) is 7. The molecule has 0 bridgehead atoms. The summed E-state index contributed by atoms with van der Waals surface area (Å²) < 4.78 is 2.50. The molecule has 0 amide bonds. The first kappa shape index (κ1) is 22.7. The summed E-state index contributed by atoms with van der Waals surface area (Å²) in [5.41, 5.74) is 1.45. The largest absolute Gasteiger partial charge is 0.257 e. The summed E-state index contributed by atoms with van der Waals surface area (Å²) in [6.45, 7) is 5.72. The minimum atomic E-state index is 0.699. The molecular weight excluding hydrogens is 340 g/mol. The van der Waals surface area contributed by atoms with E-state index in [1.807, 2.05) is 0 Å². The van der Waals surface area contributed by atoms with E-state index in [0.29, 0.717) is 5.92 Å². The molecule has 2 aromatic rings. The Labute approximate surface area is 173 Å². The normalized spacial score (nSPS) is 12.4. The second kappa shape index (κ2) is 14.4. The molecule has 0 radical (unpaired) electrons. The van der Waals surface area contributed by atoms with Crippen LogP contribution in [0.1, 0.15) is 108 Å². The summed E-state index contributed by atoms with van der Waals surface area (Å²) in [4.78, 5) is 3.61. The molecule has 0 aliphatic carbocycles. The summed E-state index contributed by atoms with van der Waals surface area (Å²) >= 11 is 0. The summed E-state index contributed by atoms with van der Waals surface area (Å²) in [6, 6.07) is 10.9. The molecule has 2 nitrogen and oxygen atoms in total. The van der Waals surface area contributed by atoms with Gasteiger partial charge in [0.05, 0.1) is 12.5 Å². The van der Waals surface area contributed by atoms with Crippen LogP contribution in [-0.4, -0.2) is 4.98 Å². The highest BCUT2D eigenvalue weighted by Gasteiger charge is 2.22. The van der Waals surface area contributed by atoms with E-state index in [4.69, 9.17) is 0 Å². The van der Waals surface area contributed by atoms with Crippen LogP contribution in [0.4, 0.5) is 0 Å². The van der Waals surface area contributed by atoms with Crippen molar-refractivity contribution in [3.8, 4) is 0 Å². The van der Waals surface area contributed by atoms with Crippen LogP contribution in [0.3, 0.4) is 0 Å². The van der Waals surface area contributed by atoms with Gasteiger partial charge in [0.1, 0.15) is 12.4 Å². The number of nitrogens with zero attached hydrogens (tertiary/aromatic N) is 1. The smallest absolute Gasteiger partial charge is 0.247 e. The lowest BCUT2D eigenvalue weighted by Crippen LogP contribution is -2.37. The molecule has 0 aliphatic rings. The highest BCUT2D eigenvalue weighted by atomic mass is 15.1. The Morgan fingerprint density at radius 1 is 0.786 bits per heavy atom. The average molecular weight is 384 g/mol. The first-order valence-electron chi connectivity index (χ1n) is 12.0. The van der Waals surface area contributed by atoms with Gasteiger partial charge in [0, 0.05) is 0 Å². The van der Waals surface area contributed by atoms with Gasteiger partial charge in [-0.15, -0.1) is 0 Å². The number of nitrogens with one attached hydrogen (secondary N) is 1. The van der Waals surface area contributed by atoms with E-state index in [0.717, 1.165) is 13.0 Å². The third-order valence-electron chi connectivity index (χ3n) is 5.95. The van der Waals surface area contributed by atoms with Gasteiger partial charge in [0.15, 0.2) is 0 Å². The molecular formula is C26H43N2+. The summed E-state index contributed by atoms with van der Waals surface area (Å²) in [5, 5.41) is 0. The van der Waals surface area contributed by atoms with Gasteiger partial charge in [-0.1, -0.05) is 102 Å². The monoisotopic (exact) mass is 383 g/mol. The fraction of sp³-hybridized carbons (Fsp3) is 0.654. The highest BCUT2D eigenvalue weighted by Crippen LogP contribution is 2.26. The van der Waals surface area contributed by atoms with E-state index < -0.39 is 0 Å². The molecule has 2 rings (SSSR count). The molecule has 0 aliphatic heterocycles. The number of aryl methyl sites for hydroxylation is 2. The summed E-state index contributed by atoms with van der Waals surface area (Å²) in [6.07, 6.45) is 21.8. The van der Waals surface area contributed by atoms with Gasteiger partial charge < -0.3 is 0 Å². The zero-order chi connectivity index (χ0) is 19.9. The first-order chi connectivity index (χ1) is 13.8. The van der Waals surface area contributed by atoms with Gasteiger partial charge >= 0.3 is 0 Å². The second-order valence-corrected chi connectivity index (χ2v) is 8.38. The Morgan fingerprint density at radius 2 is 1.43 bits per heavy atom. The predicted molar refractivity (Wildman–Crippen MR) is 121 cm³/mol. The van der Waals surface area contributed by atoms with Gasteiger partial charge in [-0.3, -0.25) is 0 Å². The van der Waals surface area contributed by atoms with Crippen molar-refractivity contribution in [2.75, 3.05) is 0 Å². The molecule has 0 spiro atoms. The van der Waals surface area contributed by atoms with E-state index in [2.05, 4.69) is 66.1 Å². The van der Waals surface area contributed by atoms with Crippen molar-refractivity contribution in [3.05, 3.63) is 54.1 Å². The van der Waals surface area contributed by atoms with Gasteiger partial charge in [0.25, 0.3) is 5.82 Å². The van der Waals surface area contributed by atoms with E-state index >= 15 is 0 Å². The Morgan fingerprint density at radius 3 is 2.11 bits per heavy atom. The first-order valence-corrected chi connectivity index (χ1v) is 12.0. The lowest BCUT2D eigenvalue weighted by Gasteiger charge is -2.14. The van der Waals surface area contributed by atoms with E-state index in [1.165, 1.54) is 88.4 Å². The predicted octanol–water partition coefficient (Wildman–Crippen LogP) is 7.35. The third kappa shape index (κ3) is 8.63. The number of imidazole rings is 1. The second-order valence-electron chi connectivity index (χ2n) is 8.38. The Hall–Kier alpha value is -1.57. The average Bonchev–Trinajstić information content (AvgIpc) is 3.18. The maximum atomic E-state index is 3.61. The van der Waals surface area contributed by atoms with Crippen molar-refractivity contribution in [1.82, 2.24) is 4.98 Å². The summed E-state index contributed by atoms with van der Waals surface area (Å²) in [7, 11) is 0. The van der Waals surface area contributed by atoms with Crippen molar-refractivity contribution in [2.45, 2.75) is 110 Å². The Kier molecular flexibility index (Phi) is 11.7. The molecule has 1 heterocycles. The molecule has 0 unspecified atom stereocenters. The zero-order valence-corrected chi connectivity index (χ0v) is 18.5. The lowest BCUT2D eigenvalue weighted by molar-refractivity contribution is -0.704. The molecule has 2 heteroatoms. The van der Waals surface area contributed by atoms with E-state index in [9.17, 15) is 0 Å². The van der Waals surface area contributed by atoms with Crippen molar-refractivity contribution in [3.63, 3.8) is 0 Å². The quantitative estimate of drug-likeness (QED) is 0.231. The van der Waals surface area contributed by atoms with Crippen LogP contribution < -0.4 is 4.57 Å². The molecule has 1 atom stereocenters. The summed E-state index contributed by atoms with van der Waals surface area (Å²) in [5.74, 6) is 2.17. The van der Waals surface area contributed by atoms with Crippen molar-refractivity contribution in [2.24, 2.45) is 0 Å².